The van der Waals surface area contributed by atoms with Crippen LogP contribution >= 0.6 is 0 Å². The van der Waals surface area contributed by atoms with Crippen molar-refractivity contribution < 1.29 is 19.4 Å². The maximum absolute atomic E-state index is 10.8. The van der Waals surface area contributed by atoms with Gasteiger partial charge in [-0.2, -0.15) is 0 Å². The quantitative estimate of drug-likeness (QED) is 0.740. The van der Waals surface area contributed by atoms with Gasteiger partial charge in [-0.25, -0.2) is 9.78 Å². The fourth-order valence-corrected chi connectivity index (χ4v) is 1.12. The summed E-state index contributed by atoms with van der Waals surface area (Å²) in [6.45, 7) is 4.02. The highest BCUT2D eigenvalue weighted by Crippen LogP contribution is 2.13. The van der Waals surface area contributed by atoms with E-state index in [1.54, 1.807) is 6.08 Å². The molecule has 0 bridgehead atoms. The van der Waals surface area contributed by atoms with Gasteiger partial charge in [0.2, 0.25) is 5.88 Å². The van der Waals surface area contributed by atoms with E-state index in [1.165, 1.54) is 19.2 Å². The Morgan fingerprint density at radius 3 is 2.94 bits per heavy atom. The number of pyridine rings is 1. The van der Waals surface area contributed by atoms with Crippen LogP contribution in [0, 0.1) is 0 Å². The summed E-state index contributed by atoms with van der Waals surface area (Å²) in [4.78, 5) is 14.9. The van der Waals surface area contributed by atoms with Gasteiger partial charge in [0.15, 0.2) is 0 Å². The highest BCUT2D eigenvalue weighted by Gasteiger charge is 2.08. The number of aromatic carboxylic acids is 1. The molecule has 0 saturated heterocycles. The number of carboxylic acid groups (broad SMARTS) is 1. The summed E-state index contributed by atoms with van der Waals surface area (Å²) in [5.74, 6) is -0.768. The number of methoxy groups -OCH3 is 1. The second-order valence-corrected chi connectivity index (χ2v) is 3.02. The lowest BCUT2D eigenvalue weighted by molar-refractivity contribution is 0.0695. The summed E-state index contributed by atoms with van der Waals surface area (Å²) in [6, 6.07) is 2.82. The van der Waals surface area contributed by atoms with Crippen LogP contribution in [0.15, 0.2) is 24.8 Å². The molecule has 0 aliphatic heterocycles. The molecule has 0 atom stereocenters. The number of nitrogens with zero attached hydrogens (tertiary/aromatic N) is 1. The second kappa shape index (κ2) is 5.87. The van der Waals surface area contributed by atoms with Crippen LogP contribution in [-0.2, 0) is 11.3 Å². The van der Waals surface area contributed by atoms with Gasteiger partial charge in [0.25, 0.3) is 0 Å². The van der Waals surface area contributed by atoms with Crippen molar-refractivity contribution in [3.8, 4) is 5.88 Å². The molecular weight excluding hydrogens is 210 g/mol. The van der Waals surface area contributed by atoms with Crippen molar-refractivity contribution in [2.45, 2.75) is 6.61 Å². The predicted molar refractivity (Wildman–Crippen MR) is 57.6 cm³/mol. The highest BCUT2D eigenvalue weighted by molar-refractivity contribution is 5.88. The van der Waals surface area contributed by atoms with Crippen LogP contribution in [0.3, 0.4) is 0 Å². The first-order valence-corrected chi connectivity index (χ1v) is 4.64. The summed E-state index contributed by atoms with van der Waals surface area (Å²) in [7, 11) is 1.51. The largest absolute Gasteiger partial charge is 0.478 e. The number of rotatable bonds is 6. The number of hydrogen-bond donors (Lipinski definition) is 1. The van der Waals surface area contributed by atoms with Crippen molar-refractivity contribution in [1.29, 1.82) is 0 Å². The summed E-state index contributed by atoms with van der Waals surface area (Å²) < 4.78 is 10.1. The first-order valence-electron chi connectivity index (χ1n) is 4.64. The minimum atomic E-state index is -1.02. The number of carboxylic acids is 1. The van der Waals surface area contributed by atoms with E-state index < -0.39 is 5.97 Å². The Morgan fingerprint density at radius 1 is 1.62 bits per heavy atom. The maximum atomic E-state index is 10.8. The summed E-state index contributed by atoms with van der Waals surface area (Å²) in [5, 5.41) is 8.88. The van der Waals surface area contributed by atoms with Crippen molar-refractivity contribution in [2.24, 2.45) is 0 Å². The molecule has 5 nitrogen and oxygen atoms in total. The van der Waals surface area contributed by atoms with Crippen LogP contribution < -0.4 is 4.74 Å². The smallest absolute Gasteiger partial charge is 0.335 e. The van der Waals surface area contributed by atoms with Crippen LogP contribution in [0.5, 0.6) is 5.88 Å². The molecule has 86 valence electrons. The molecule has 0 aliphatic carbocycles. The van der Waals surface area contributed by atoms with E-state index >= 15 is 0 Å². The van der Waals surface area contributed by atoms with Crippen molar-refractivity contribution in [1.82, 2.24) is 4.98 Å². The molecule has 1 N–H and O–H groups in total. The molecule has 0 aliphatic rings. The van der Waals surface area contributed by atoms with Crippen LogP contribution in [0.4, 0.5) is 0 Å². The minimum Gasteiger partial charge on any atom is -0.478 e. The van der Waals surface area contributed by atoms with Crippen LogP contribution in [-0.4, -0.2) is 29.8 Å². The van der Waals surface area contributed by atoms with Gasteiger partial charge in [-0.05, 0) is 6.07 Å². The lowest BCUT2D eigenvalue weighted by atomic mass is 10.2. The molecular formula is C11H13NO4. The predicted octanol–water partition coefficient (Wildman–Crippen LogP) is 1.49. The molecule has 0 amide bonds. The Labute approximate surface area is 93.3 Å². The van der Waals surface area contributed by atoms with Crippen LogP contribution in [0.1, 0.15) is 16.1 Å². The fraction of sp³-hybridized carbons (Fsp3) is 0.273. The third-order valence-electron chi connectivity index (χ3n) is 1.74. The molecule has 0 radical (unpaired) electrons. The monoisotopic (exact) mass is 223 g/mol. The van der Waals surface area contributed by atoms with Crippen molar-refractivity contribution in [3.05, 3.63) is 36.0 Å². The van der Waals surface area contributed by atoms with Crippen molar-refractivity contribution >= 4 is 5.97 Å². The van der Waals surface area contributed by atoms with Gasteiger partial charge in [0, 0.05) is 13.2 Å². The van der Waals surface area contributed by atoms with Gasteiger partial charge in [0.1, 0.15) is 6.61 Å². The first kappa shape index (κ1) is 12.2. The molecule has 0 aromatic carbocycles. The summed E-state index contributed by atoms with van der Waals surface area (Å²) in [6.07, 6.45) is 1.56. The zero-order chi connectivity index (χ0) is 12.0. The SMILES string of the molecule is C=CCOc1cc(C(=O)O)cc(COC)n1. The Morgan fingerprint density at radius 2 is 2.38 bits per heavy atom. The molecule has 16 heavy (non-hydrogen) atoms. The highest BCUT2D eigenvalue weighted by atomic mass is 16.5. The third-order valence-corrected chi connectivity index (χ3v) is 1.74. The van der Waals surface area contributed by atoms with E-state index in [1.807, 2.05) is 0 Å². The average Bonchev–Trinajstić information content (AvgIpc) is 2.26. The average molecular weight is 223 g/mol. The molecule has 0 unspecified atom stereocenters. The van der Waals surface area contributed by atoms with Gasteiger partial charge in [-0.15, -0.1) is 0 Å². The zero-order valence-electron chi connectivity index (χ0n) is 8.97. The van der Waals surface area contributed by atoms with Crippen molar-refractivity contribution in [2.75, 3.05) is 13.7 Å². The third kappa shape index (κ3) is 3.36. The second-order valence-electron chi connectivity index (χ2n) is 3.02. The molecule has 1 rings (SSSR count). The van der Waals surface area contributed by atoms with E-state index in [0.717, 1.165) is 0 Å². The standard InChI is InChI=1S/C11H13NO4/c1-3-4-16-10-6-8(11(13)14)5-9(12-10)7-15-2/h3,5-6H,1,4,7H2,2H3,(H,13,14). The topological polar surface area (TPSA) is 68.7 Å². The molecule has 5 heteroatoms. The van der Waals surface area contributed by atoms with Crippen molar-refractivity contribution in [3.63, 3.8) is 0 Å². The Balaban J connectivity index is 2.97. The first-order chi connectivity index (χ1) is 7.67. The summed E-state index contributed by atoms with van der Waals surface area (Å²) in [5.41, 5.74) is 0.641. The minimum absolute atomic E-state index is 0.126. The lowest BCUT2D eigenvalue weighted by Gasteiger charge is -2.06. The van der Waals surface area contributed by atoms with Gasteiger partial charge in [0.05, 0.1) is 17.9 Å². The normalized spacial score (nSPS) is 9.81. The summed E-state index contributed by atoms with van der Waals surface area (Å²) >= 11 is 0. The van der Waals surface area contributed by atoms with Gasteiger partial charge in [-0.1, -0.05) is 12.7 Å². The Kier molecular flexibility index (Phi) is 4.47. The molecule has 0 fully saturated rings. The van der Waals surface area contributed by atoms with E-state index in [9.17, 15) is 4.79 Å². The van der Waals surface area contributed by atoms with Crippen LogP contribution in [0.25, 0.3) is 0 Å². The Bertz CT molecular complexity index is 390. The number of aromatic nitrogens is 1. The fourth-order valence-electron chi connectivity index (χ4n) is 1.12. The number of ether oxygens (including phenoxy) is 2. The molecule has 0 saturated carbocycles. The van der Waals surface area contributed by atoms with E-state index in [0.29, 0.717) is 5.69 Å². The number of carbonyl (C=O) groups is 1. The van der Waals surface area contributed by atoms with E-state index in [-0.39, 0.29) is 24.7 Å². The van der Waals surface area contributed by atoms with E-state index in [2.05, 4.69) is 11.6 Å². The Hall–Kier alpha value is -1.88. The van der Waals surface area contributed by atoms with Gasteiger partial charge >= 0.3 is 5.97 Å². The maximum Gasteiger partial charge on any atom is 0.335 e. The molecule has 1 aromatic rings. The molecule has 0 spiro atoms. The van der Waals surface area contributed by atoms with Gasteiger partial charge in [-0.3, -0.25) is 0 Å². The van der Waals surface area contributed by atoms with Gasteiger partial charge < -0.3 is 14.6 Å². The molecule has 1 heterocycles. The molecule has 1 aromatic heterocycles. The lowest BCUT2D eigenvalue weighted by Crippen LogP contribution is -2.04. The van der Waals surface area contributed by atoms with Crippen LogP contribution in [0.2, 0.25) is 0 Å². The number of hydrogen-bond acceptors (Lipinski definition) is 4. The van der Waals surface area contributed by atoms with E-state index in [4.69, 9.17) is 14.6 Å². The zero-order valence-corrected chi connectivity index (χ0v) is 8.97.